The van der Waals surface area contributed by atoms with Crippen LogP contribution in [-0.4, -0.2) is 17.3 Å². The van der Waals surface area contributed by atoms with Crippen molar-refractivity contribution in [1.29, 1.82) is 0 Å². The summed E-state index contributed by atoms with van der Waals surface area (Å²) in [5, 5.41) is 13.0. The highest BCUT2D eigenvalue weighted by Crippen LogP contribution is 2.21. The Bertz CT molecular complexity index is 299. The lowest BCUT2D eigenvalue weighted by atomic mass is 9.94. The molecule has 0 aliphatic heterocycles. The standard InChI is InChI=1S/C15H25NO/c1-3-4-5-9-12-15(2,13-17)16-14-10-7-6-8-11-14/h6-8,10-11,16-17H,3-5,9,12-13H2,1-2H3. The summed E-state index contributed by atoms with van der Waals surface area (Å²) in [5.41, 5.74) is 0.884. The summed E-state index contributed by atoms with van der Waals surface area (Å²) in [6.45, 7) is 4.48. The van der Waals surface area contributed by atoms with Crippen LogP contribution in [0.3, 0.4) is 0 Å². The third kappa shape index (κ3) is 5.22. The van der Waals surface area contributed by atoms with Crippen molar-refractivity contribution in [2.45, 2.75) is 51.5 Å². The van der Waals surface area contributed by atoms with Gasteiger partial charge in [-0.2, -0.15) is 0 Å². The zero-order valence-electron chi connectivity index (χ0n) is 11.1. The van der Waals surface area contributed by atoms with E-state index in [1.54, 1.807) is 0 Å². The average Bonchev–Trinajstić information content (AvgIpc) is 2.36. The molecule has 17 heavy (non-hydrogen) atoms. The molecule has 0 amide bonds. The largest absolute Gasteiger partial charge is 0.394 e. The molecule has 0 aromatic heterocycles. The van der Waals surface area contributed by atoms with Crippen molar-refractivity contribution in [3.8, 4) is 0 Å². The van der Waals surface area contributed by atoms with Crippen molar-refractivity contribution >= 4 is 5.69 Å². The molecule has 2 heteroatoms. The van der Waals surface area contributed by atoms with Gasteiger partial charge in [-0.25, -0.2) is 0 Å². The van der Waals surface area contributed by atoms with Crippen molar-refractivity contribution in [2.75, 3.05) is 11.9 Å². The minimum Gasteiger partial charge on any atom is -0.394 e. The lowest BCUT2D eigenvalue weighted by Crippen LogP contribution is -2.38. The van der Waals surface area contributed by atoms with Gasteiger partial charge in [0.05, 0.1) is 12.1 Å². The fourth-order valence-corrected chi connectivity index (χ4v) is 1.99. The number of aliphatic hydroxyl groups is 1. The second-order valence-corrected chi connectivity index (χ2v) is 5.02. The number of para-hydroxylation sites is 1. The fraction of sp³-hybridized carbons (Fsp3) is 0.600. The molecule has 1 atom stereocenters. The Morgan fingerprint density at radius 1 is 1.12 bits per heavy atom. The van der Waals surface area contributed by atoms with E-state index in [1.165, 1.54) is 25.7 Å². The van der Waals surface area contributed by atoms with Crippen molar-refractivity contribution in [3.05, 3.63) is 30.3 Å². The minimum atomic E-state index is -0.199. The van der Waals surface area contributed by atoms with Gasteiger partial charge >= 0.3 is 0 Å². The quantitative estimate of drug-likeness (QED) is 0.671. The molecule has 2 N–H and O–H groups in total. The predicted molar refractivity (Wildman–Crippen MR) is 74.3 cm³/mol. The molecule has 1 aromatic carbocycles. The molecule has 1 unspecified atom stereocenters. The number of hydrogen-bond donors (Lipinski definition) is 2. The molecule has 0 saturated heterocycles. The van der Waals surface area contributed by atoms with Gasteiger partial charge in [-0.1, -0.05) is 50.8 Å². The van der Waals surface area contributed by atoms with E-state index < -0.39 is 0 Å². The van der Waals surface area contributed by atoms with Gasteiger partial charge in [0, 0.05) is 5.69 Å². The van der Waals surface area contributed by atoms with E-state index in [0.29, 0.717) is 0 Å². The van der Waals surface area contributed by atoms with Gasteiger partial charge in [-0.15, -0.1) is 0 Å². The topological polar surface area (TPSA) is 32.3 Å². The van der Waals surface area contributed by atoms with E-state index in [4.69, 9.17) is 0 Å². The molecule has 1 aromatic rings. The summed E-state index contributed by atoms with van der Waals surface area (Å²) in [6.07, 6.45) is 5.97. The summed E-state index contributed by atoms with van der Waals surface area (Å²) in [6, 6.07) is 10.1. The molecule has 0 spiro atoms. The van der Waals surface area contributed by atoms with Crippen LogP contribution in [-0.2, 0) is 0 Å². The SMILES string of the molecule is CCCCCCC(C)(CO)Nc1ccccc1. The highest BCUT2D eigenvalue weighted by Gasteiger charge is 2.22. The Hall–Kier alpha value is -1.02. The first-order valence-corrected chi connectivity index (χ1v) is 6.64. The van der Waals surface area contributed by atoms with Gasteiger partial charge in [0.2, 0.25) is 0 Å². The molecular weight excluding hydrogens is 210 g/mol. The van der Waals surface area contributed by atoms with Crippen molar-refractivity contribution in [1.82, 2.24) is 0 Å². The first kappa shape index (κ1) is 14.0. The maximum Gasteiger partial charge on any atom is 0.0658 e. The summed E-state index contributed by atoms with van der Waals surface area (Å²) in [7, 11) is 0. The summed E-state index contributed by atoms with van der Waals surface area (Å²) in [5.74, 6) is 0. The summed E-state index contributed by atoms with van der Waals surface area (Å²) < 4.78 is 0. The Balaban J connectivity index is 2.45. The van der Waals surface area contributed by atoms with Crippen LogP contribution in [0.1, 0.15) is 46.0 Å². The van der Waals surface area contributed by atoms with Gasteiger partial charge < -0.3 is 10.4 Å². The zero-order valence-corrected chi connectivity index (χ0v) is 11.1. The Kier molecular flexibility index (Phi) is 6.06. The molecule has 1 rings (SSSR count). The molecule has 0 aliphatic rings. The monoisotopic (exact) mass is 235 g/mol. The van der Waals surface area contributed by atoms with Crippen LogP contribution < -0.4 is 5.32 Å². The maximum atomic E-state index is 9.54. The van der Waals surface area contributed by atoms with Crippen LogP contribution in [0.25, 0.3) is 0 Å². The highest BCUT2D eigenvalue weighted by atomic mass is 16.3. The normalized spacial score (nSPS) is 14.3. The first-order valence-electron chi connectivity index (χ1n) is 6.64. The van der Waals surface area contributed by atoms with Crippen LogP contribution in [0.15, 0.2) is 30.3 Å². The van der Waals surface area contributed by atoms with Gasteiger partial charge in [0.1, 0.15) is 0 Å². The number of nitrogens with one attached hydrogen (secondary N) is 1. The maximum absolute atomic E-state index is 9.54. The van der Waals surface area contributed by atoms with Crippen molar-refractivity contribution in [3.63, 3.8) is 0 Å². The number of hydrogen-bond acceptors (Lipinski definition) is 2. The number of aliphatic hydroxyl groups excluding tert-OH is 1. The van der Waals surface area contributed by atoms with E-state index in [0.717, 1.165) is 12.1 Å². The van der Waals surface area contributed by atoms with E-state index in [2.05, 4.69) is 19.2 Å². The molecule has 96 valence electrons. The number of unbranched alkanes of at least 4 members (excludes halogenated alkanes) is 3. The Morgan fingerprint density at radius 3 is 2.41 bits per heavy atom. The van der Waals surface area contributed by atoms with E-state index in [1.807, 2.05) is 30.3 Å². The Morgan fingerprint density at radius 2 is 1.82 bits per heavy atom. The van der Waals surface area contributed by atoms with Crippen LogP contribution in [0.4, 0.5) is 5.69 Å². The van der Waals surface area contributed by atoms with Crippen LogP contribution in [0, 0.1) is 0 Å². The molecule has 2 nitrogen and oxygen atoms in total. The Labute approximate surface area is 105 Å². The minimum absolute atomic E-state index is 0.175. The molecule has 0 aliphatic carbocycles. The number of rotatable bonds is 8. The summed E-state index contributed by atoms with van der Waals surface area (Å²) in [4.78, 5) is 0. The van der Waals surface area contributed by atoms with Crippen molar-refractivity contribution in [2.24, 2.45) is 0 Å². The smallest absolute Gasteiger partial charge is 0.0658 e. The molecular formula is C15H25NO. The fourth-order valence-electron chi connectivity index (χ4n) is 1.99. The van der Waals surface area contributed by atoms with Crippen molar-refractivity contribution < 1.29 is 5.11 Å². The van der Waals surface area contributed by atoms with Crippen LogP contribution in [0.2, 0.25) is 0 Å². The lowest BCUT2D eigenvalue weighted by Gasteiger charge is -2.30. The van der Waals surface area contributed by atoms with Crippen LogP contribution >= 0.6 is 0 Å². The summed E-state index contributed by atoms with van der Waals surface area (Å²) >= 11 is 0. The molecule has 0 heterocycles. The first-order chi connectivity index (χ1) is 8.20. The molecule has 0 fully saturated rings. The van der Waals surface area contributed by atoms with Gasteiger partial charge in [-0.3, -0.25) is 0 Å². The number of benzene rings is 1. The van der Waals surface area contributed by atoms with Gasteiger partial charge in [0.15, 0.2) is 0 Å². The second-order valence-electron chi connectivity index (χ2n) is 5.02. The second kappa shape index (κ2) is 7.33. The lowest BCUT2D eigenvalue weighted by molar-refractivity contribution is 0.211. The predicted octanol–water partition coefficient (Wildman–Crippen LogP) is 3.82. The van der Waals surface area contributed by atoms with Gasteiger partial charge in [-0.05, 0) is 25.5 Å². The van der Waals surface area contributed by atoms with Gasteiger partial charge in [0.25, 0.3) is 0 Å². The average molecular weight is 235 g/mol. The van der Waals surface area contributed by atoms with E-state index in [9.17, 15) is 5.11 Å². The van der Waals surface area contributed by atoms with Crippen LogP contribution in [0.5, 0.6) is 0 Å². The molecule has 0 saturated carbocycles. The third-order valence-corrected chi connectivity index (χ3v) is 3.15. The number of anilines is 1. The van der Waals surface area contributed by atoms with E-state index in [-0.39, 0.29) is 12.1 Å². The zero-order chi connectivity index (χ0) is 12.6. The third-order valence-electron chi connectivity index (χ3n) is 3.15. The molecule has 0 bridgehead atoms. The van der Waals surface area contributed by atoms with E-state index >= 15 is 0 Å². The molecule has 0 radical (unpaired) electrons. The highest BCUT2D eigenvalue weighted by molar-refractivity contribution is 5.44.